The molecule has 3 nitrogen and oxygen atoms in total. The van der Waals surface area contributed by atoms with Crippen LogP contribution >= 0.6 is 0 Å². The third kappa shape index (κ3) is 4.41. The smallest absolute Gasteiger partial charge is 0.254 e. The van der Waals surface area contributed by atoms with Gasteiger partial charge in [-0.3, -0.25) is 4.79 Å². The van der Waals surface area contributed by atoms with Crippen molar-refractivity contribution in [2.45, 2.75) is 26.4 Å². The lowest BCUT2D eigenvalue weighted by atomic mass is 10.1. The monoisotopic (exact) mass is 257 g/mol. The van der Waals surface area contributed by atoms with Gasteiger partial charge in [0.2, 0.25) is 0 Å². The summed E-state index contributed by atoms with van der Waals surface area (Å²) < 4.78 is 25.9. The first-order valence-electron chi connectivity index (χ1n) is 5.81. The number of aliphatic hydroxyl groups excluding tert-OH is 1. The minimum absolute atomic E-state index is 0.0494. The Balaban J connectivity index is 2.55. The van der Waals surface area contributed by atoms with Crippen LogP contribution in [-0.4, -0.2) is 23.7 Å². The molecule has 0 spiro atoms. The summed E-state index contributed by atoms with van der Waals surface area (Å²) in [5.41, 5.74) is -0.229. The molecule has 0 aromatic heterocycles. The maximum Gasteiger partial charge on any atom is 0.254 e. The number of halogens is 2. The highest BCUT2D eigenvalue weighted by Crippen LogP contribution is 2.09. The Morgan fingerprint density at radius 3 is 2.61 bits per heavy atom. The van der Waals surface area contributed by atoms with Crippen molar-refractivity contribution >= 4 is 5.91 Å². The average Bonchev–Trinajstić information content (AvgIpc) is 2.25. The third-order valence-electron chi connectivity index (χ3n) is 2.42. The molecule has 0 aliphatic carbocycles. The number of amides is 1. The predicted octanol–water partition coefficient (Wildman–Crippen LogP) is 2.10. The molecule has 0 aliphatic rings. The van der Waals surface area contributed by atoms with Crippen molar-refractivity contribution < 1.29 is 18.7 Å². The fourth-order valence-corrected chi connectivity index (χ4v) is 1.61. The van der Waals surface area contributed by atoms with Crippen LogP contribution in [-0.2, 0) is 0 Å². The largest absolute Gasteiger partial charge is 0.391 e. The predicted molar refractivity (Wildman–Crippen MR) is 64.2 cm³/mol. The second kappa shape index (κ2) is 6.44. The van der Waals surface area contributed by atoms with Crippen LogP contribution in [0.4, 0.5) is 8.78 Å². The Hall–Kier alpha value is -1.49. The van der Waals surface area contributed by atoms with E-state index in [1.54, 1.807) is 0 Å². The van der Waals surface area contributed by atoms with Crippen LogP contribution in [0.2, 0.25) is 0 Å². The number of aliphatic hydroxyl groups is 1. The highest BCUT2D eigenvalue weighted by molar-refractivity contribution is 5.94. The van der Waals surface area contributed by atoms with Gasteiger partial charge >= 0.3 is 0 Å². The number of carbonyl (C=O) groups excluding carboxylic acids is 1. The molecule has 0 radical (unpaired) electrons. The molecule has 1 aromatic rings. The van der Waals surface area contributed by atoms with Gasteiger partial charge < -0.3 is 10.4 Å². The van der Waals surface area contributed by atoms with Gasteiger partial charge in [-0.1, -0.05) is 13.8 Å². The summed E-state index contributed by atoms with van der Waals surface area (Å²) in [7, 11) is 0. The van der Waals surface area contributed by atoms with Crippen molar-refractivity contribution in [3.8, 4) is 0 Å². The molecule has 1 atom stereocenters. The molecule has 18 heavy (non-hydrogen) atoms. The standard InChI is InChI=1S/C13H17F2NO2/c1-8(2)5-10(17)7-16-13(18)11-4-3-9(14)6-12(11)15/h3-4,6,8,10,17H,5,7H2,1-2H3,(H,16,18). The Labute approximate surface area is 105 Å². The first-order valence-corrected chi connectivity index (χ1v) is 5.81. The van der Waals surface area contributed by atoms with Gasteiger partial charge in [0.05, 0.1) is 11.7 Å². The van der Waals surface area contributed by atoms with Gasteiger partial charge in [0.25, 0.3) is 5.91 Å². The number of hydrogen-bond donors (Lipinski definition) is 2. The maximum atomic E-state index is 13.3. The Morgan fingerprint density at radius 1 is 1.39 bits per heavy atom. The second-order valence-corrected chi connectivity index (χ2v) is 4.62. The fraction of sp³-hybridized carbons (Fsp3) is 0.462. The Kier molecular flexibility index (Phi) is 5.22. The van der Waals surface area contributed by atoms with Gasteiger partial charge in [0, 0.05) is 12.6 Å². The van der Waals surface area contributed by atoms with E-state index in [2.05, 4.69) is 5.32 Å². The normalized spacial score (nSPS) is 12.6. The maximum absolute atomic E-state index is 13.3. The highest BCUT2D eigenvalue weighted by Gasteiger charge is 2.14. The van der Waals surface area contributed by atoms with E-state index >= 15 is 0 Å². The van der Waals surface area contributed by atoms with Gasteiger partial charge in [-0.15, -0.1) is 0 Å². The van der Waals surface area contributed by atoms with Gasteiger partial charge in [-0.25, -0.2) is 8.78 Å². The van der Waals surface area contributed by atoms with Crippen molar-refractivity contribution in [2.75, 3.05) is 6.54 Å². The first-order chi connectivity index (χ1) is 8.40. The molecule has 5 heteroatoms. The zero-order valence-electron chi connectivity index (χ0n) is 10.4. The summed E-state index contributed by atoms with van der Waals surface area (Å²) >= 11 is 0. The van der Waals surface area contributed by atoms with Crippen LogP contribution in [0.3, 0.4) is 0 Å². The van der Waals surface area contributed by atoms with Gasteiger partial charge in [0.1, 0.15) is 11.6 Å². The van der Waals surface area contributed by atoms with Crippen LogP contribution in [0.5, 0.6) is 0 Å². The molecular formula is C13H17F2NO2. The molecule has 1 unspecified atom stereocenters. The summed E-state index contributed by atoms with van der Waals surface area (Å²) in [6.45, 7) is 3.95. The molecular weight excluding hydrogens is 240 g/mol. The number of hydrogen-bond acceptors (Lipinski definition) is 2. The van der Waals surface area contributed by atoms with Crippen molar-refractivity contribution in [3.05, 3.63) is 35.4 Å². The lowest BCUT2D eigenvalue weighted by Gasteiger charge is -2.14. The minimum atomic E-state index is -0.911. The van der Waals surface area contributed by atoms with E-state index in [4.69, 9.17) is 0 Å². The van der Waals surface area contributed by atoms with E-state index in [-0.39, 0.29) is 12.1 Å². The molecule has 1 amide bonds. The quantitative estimate of drug-likeness (QED) is 0.848. The topological polar surface area (TPSA) is 49.3 Å². The highest BCUT2D eigenvalue weighted by atomic mass is 19.1. The molecule has 0 aliphatic heterocycles. The summed E-state index contributed by atoms with van der Waals surface area (Å²) in [6.07, 6.45) is -0.121. The van der Waals surface area contributed by atoms with Crippen LogP contribution in [0.15, 0.2) is 18.2 Å². The van der Waals surface area contributed by atoms with Crippen LogP contribution in [0.1, 0.15) is 30.6 Å². The molecule has 0 saturated carbocycles. The van der Waals surface area contributed by atoms with Crippen LogP contribution in [0, 0.1) is 17.6 Å². The van der Waals surface area contributed by atoms with Crippen LogP contribution in [0.25, 0.3) is 0 Å². The Morgan fingerprint density at radius 2 is 2.06 bits per heavy atom. The molecule has 1 aromatic carbocycles. The summed E-state index contributed by atoms with van der Waals surface area (Å²) in [5, 5.41) is 12.0. The summed E-state index contributed by atoms with van der Waals surface area (Å²) in [5.74, 6) is -2.00. The molecule has 2 N–H and O–H groups in total. The third-order valence-corrected chi connectivity index (χ3v) is 2.42. The zero-order chi connectivity index (χ0) is 13.7. The second-order valence-electron chi connectivity index (χ2n) is 4.62. The lowest BCUT2D eigenvalue weighted by molar-refractivity contribution is 0.0896. The molecule has 100 valence electrons. The first kappa shape index (κ1) is 14.6. The summed E-state index contributed by atoms with van der Waals surface area (Å²) in [4.78, 5) is 11.6. The van der Waals surface area contributed by atoms with Crippen molar-refractivity contribution in [2.24, 2.45) is 5.92 Å². The fourth-order valence-electron chi connectivity index (χ4n) is 1.61. The zero-order valence-corrected chi connectivity index (χ0v) is 10.4. The lowest BCUT2D eigenvalue weighted by Crippen LogP contribution is -2.33. The van der Waals surface area contributed by atoms with Gasteiger partial charge in [-0.05, 0) is 24.5 Å². The van der Waals surface area contributed by atoms with Gasteiger partial charge in [-0.2, -0.15) is 0 Å². The number of rotatable bonds is 5. The molecule has 0 bridgehead atoms. The Bertz CT molecular complexity index is 421. The minimum Gasteiger partial charge on any atom is -0.391 e. The van der Waals surface area contributed by atoms with Gasteiger partial charge in [0.15, 0.2) is 0 Å². The van der Waals surface area contributed by atoms with E-state index in [9.17, 15) is 18.7 Å². The van der Waals surface area contributed by atoms with E-state index in [1.165, 1.54) is 0 Å². The molecule has 0 heterocycles. The molecule has 0 fully saturated rings. The van der Waals surface area contributed by atoms with Crippen molar-refractivity contribution in [3.63, 3.8) is 0 Å². The van der Waals surface area contributed by atoms with E-state index < -0.39 is 23.6 Å². The summed E-state index contributed by atoms with van der Waals surface area (Å²) in [6, 6.07) is 2.75. The molecule has 0 saturated heterocycles. The number of nitrogens with one attached hydrogen (secondary N) is 1. The SMILES string of the molecule is CC(C)CC(O)CNC(=O)c1ccc(F)cc1F. The van der Waals surface area contributed by atoms with Crippen LogP contribution < -0.4 is 5.32 Å². The van der Waals surface area contributed by atoms with Crippen molar-refractivity contribution in [1.29, 1.82) is 0 Å². The average molecular weight is 257 g/mol. The van der Waals surface area contributed by atoms with E-state index in [0.29, 0.717) is 18.4 Å². The number of benzene rings is 1. The van der Waals surface area contributed by atoms with Crippen molar-refractivity contribution in [1.82, 2.24) is 5.32 Å². The number of carbonyl (C=O) groups is 1. The molecule has 1 rings (SSSR count). The van der Waals surface area contributed by atoms with E-state index in [0.717, 1.165) is 12.1 Å². The van der Waals surface area contributed by atoms with E-state index in [1.807, 2.05) is 13.8 Å².